The fourth-order valence-corrected chi connectivity index (χ4v) is 2.37. The van der Waals surface area contributed by atoms with Crippen molar-refractivity contribution >= 4 is 11.9 Å². The third kappa shape index (κ3) is 5.70. The Morgan fingerprint density at radius 1 is 1.28 bits per heavy atom. The number of carboxylic acids is 1. The van der Waals surface area contributed by atoms with Crippen LogP contribution in [0, 0.1) is 11.7 Å². The molecule has 0 saturated carbocycles. The Bertz CT molecular complexity index is 725. The Kier molecular flexibility index (Phi) is 6.27. The summed E-state index contributed by atoms with van der Waals surface area (Å²) >= 11 is 0. The van der Waals surface area contributed by atoms with E-state index in [1.54, 1.807) is 12.1 Å². The minimum atomic E-state index is -0.943. The zero-order chi connectivity index (χ0) is 18.4. The van der Waals surface area contributed by atoms with Crippen LogP contribution in [0.4, 0.5) is 4.39 Å². The highest BCUT2D eigenvalue weighted by atomic mass is 19.1. The minimum absolute atomic E-state index is 0.0248. The highest BCUT2D eigenvalue weighted by Gasteiger charge is 2.18. The molecule has 1 N–H and O–H groups in total. The topological polar surface area (TPSA) is 83.6 Å². The lowest BCUT2D eigenvalue weighted by Gasteiger charge is -2.23. The Balaban J connectivity index is 2.04. The Labute approximate surface area is 145 Å². The molecule has 134 valence electrons. The summed E-state index contributed by atoms with van der Waals surface area (Å²) in [6.45, 7) is 4.57. The van der Waals surface area contributed by atoms with Crippen LogP contribution in [0.2, 0.25) is 0 Å². The van der Waals surface area contributed by atoms with Gasteiger partial charge in [0.1, 0.15) is 12.1 Å². The maximum absolute atomic E-state index is 13.0. The fraction of sp³-hybridized carbons (Fsp3) is 0.389. The molecule has 0 spiro atoms. The lowest BCUT2D eigenvalue weighted by atomic mass is 10.2. The van der Waals surface area contributed by atoms with Crippen LogP contribution in [0.5, 0.6) is 0 Å². The molecule has 1 aromatic carbocycles. The summed E-state index contributed by atoms with van der Waals surface area (Å²) in [6, 6.07) is 5.71. The summed E-state index contributed by atoms with van der Waals surface area (Å²) in [4.78, 5) is 29.0. The van der Waals surface area contributed by atoms with Gasteiger partial charge in [0.25, 0.3) is 0 Å². The third-order valence-electron chi connectivity index (χ3n) is 3.51. The largest absolute Gasteiger partial charge is 0.481 e. The van der Waals surface area contributed by atoms with Crippen molar-refractivity contribution in [1.29, 1.82) is 0 Å². The Morgan fingerprint density at radius 2 is 1.96 bits per heavy atom. The third-order valence-corrected chi connectivity index (χ3v) is 3.51. The van der Waals surface area contributed by atoms with Gasteiger partial charge in [0.15, 0.2) is 0 Å². The van der Waals surface area contributed by atoms with E-state index in [9.17, 15) is 14.0 Å². The molecule has 1 aromatic heterocycles. The Morgan fingerprint density at radius 3 is 2.56 bits per heavy atom. The molecule has 0 unspecified atom stereocenters. The predicted molar refractivity (Wildman–Crippen MR) is 89.3 cm³/mol. The second-order valence-electron chi connectivity index (χ2n) is 6.21. The molecule has 0 aliphatic carbocycles. The van der Waals surface area contributed by atoms with E-state index in [2.05, 4.69) is 4.98 Å². The van der Waals surface area contributed by atoms with Gasteiger partial charge in [0.2, 0.25) is 11.8 Å². The molecule has 2 aromatic rings. The van der Waals surface area contributed by atoms with Gasteiger partial charge in [-0.2, -0.15) is 0 Å². The minimum Gasteiger partial charge on any atom is -0.481 e. The van der Waals surface area contributed by atoms with E-state index in [0.29, 0.717) is 23.7 Å². The molecule has 1 heterocycles. The first-order chi connectivity index (χ1) is 11.8. The number of hydrogen-bond acceptors (Lipinski definition) is 4. The molecule has 0 radical (unpaired) electrons. The monoisotopic (exact) mass is 348 g/mol. The van der Waals surface area contributed by atoms with Crippen LogP contribution in [-0.4, -0.2) is 40.0 Å². The van der Waals surface area contributed by atoms with Gasteiger partial charge in [-0.3, -0.25) is 9.59 Å². The van der Waals surface area contributed by atoms with Gasteiger partial charge in [-0.05, 0) is 30.2 Å². The number of hydrogen-bond donors (Lipinski definition) is 1. The van der Waals surface area contributed by atoms with Gasteiger partial charge >= 0.3 is 5.97 Å². The maximum Gasteiger partial charge on any atom is 0.305 e. The Hall–Kier alpha value is -2.70. The highest BCUT2D eigenvalue weighted by Crippen LogP contribution is 2.19. The summed E-state index contributed by atoms with van der Waals surface area (Å²) < 4.78 is 18.3. The molecular weight excluding hydrogens is 327 g/mol. The number of aromatic nitrogens is 1. The normalized spacial score (nSPS) is 10.9. The average molecular weight is 348 g/mol. The molecule has 0 saturated heterocycles. The molecule has 0 aliphatic rings. The van der Waals surface area contributed by atoms with Crippen LogP contribution in [0.15, 0.2) is 34.9 Å². The van der Waals surface area contributed by atoms with E-state index in [1.165, 1.54) is 23.3 Å². The maximum atomic E-state index is 13.0. The van der Waals surface area contributed by atoms with Crippen molar-refractivity contribution in [1.82, 2.24) is 9.88 Å². The molecular formula is C18H21FN2O4. The summed E-state index contributed by atoms with van der Waals surface area (Å²) in [5, 5.41) is 8.82. The lowest BCUT2D eigenvalue weighted by molar-refractivity contribution is -0.138. The van der Waals surface area contributed by atoms with Gasteiger partial charge < -0.3 is 14.4 Å². The first kappa shape index (κ1) is 18.6. The summed E-state index contributed by atoms with van der Waals surface area (Å²) in [7, 11) is 0. The van der Waals surface area contributed by atoms with E-state index >= 15 is 0 Å². The average Bonchev–Trinajstić information content (AvgIpc) is 3.00. The van der Waals surface area contributed by atoms with Crippen LogP contribution in [0.3, 0.4) is 0 Å². The number of nitrogens with zero attached hydrogens (tertiary/aromatic N) is 2. The standard InChI is InChI=1S/C18H21FN2O4/c1-12(2)10-21(8-7-17(23)24)16(22)9-15-11-25-18(20-15)13-3-5-14(19)6-4-13/h3-6,11-12H,7-10H2,1-2H3,(H,23,24). The molecule has 0 aliphatic heterocycles. The van der Waals surface area contributed by atoms with Gasteiger partial charge in [0.05, 0.1) is 18.5 Å². The number of carbonyl (C=O) groups is 2. The molecule has 0 fully saturated rings. The number of oxazole rings is 1. The zero-order valence-corrected chi connectivity index (χ0v) is 14.2. The summed E-state index contributed by atoms with van der Waals surface area (Å²) in [5.41, 5.74) is 1.07. The molecule has 2 rings (SSSR count). The number of halogens is 1. The number of rotatable bonds is 8. The lowest BCUT2D eigenvalue weighted by Crippen LogP contribution is -2.37. The second-order valence-corrected chi connectivity index (χ2v) is 6.21. The van der Waals surface area contributed by atoms with Crippen LogP contribution in [0.25, 0.3) is 11.5 Å². The summed E-state index contributed by atoms with van der Waals surface area (Å²) in [6.07, 6.45) is 1.32. The van der Waals surface area contributed by atoms with Crippen molar-refractivity contribution in [2.75, 3.05) is 13.1 Å². The molecule has 0 bridgehead atoms. The van der Waals surface area contributed by atoms with Crippen LogP contribution in [-0.2, 0) is 16.0 Å². The molecule has 25 heavy (non-hydrogen) atoms. The van der Waals surface area contributed by atoms with Crippen molar-refractivity contribution in [3.63, 3.8) is 0 Å². The molecule has 1 amide bonds. The SMILES string of the molecule is CC(C)CN(CCC(=O)O)C(=O)Cc1coc(-c2ccc(F)cc2)n1. The first-order valence-electron chi connectivity index (χ1n) is 8.05. The molecule has 6 nitrogen and oxygen atoms in total. The van der Waals surface area contributed by atoms with E-state index < -0.39 is 5.97 Å². The zero-order valence-electron chi connectivity index (χ0n) is 14.2. The van der Waals surface area contributed by atoms with Gasteiger partial charge in [0, 0.05) is 18.7 Å². The van der Waals surface area contributed by atoms with Crippen molar-refractivity contribution in [3.8, 4) is 11.5 Å². The van der Waals surface area contributed by atoms with Crippen molar-refractivity contribution in [2.45, 2.75) is 26.7 Å². The van der Waals surface area contributed by atoms with Crippen LogP contribution in [0.1, 0.15) is 26.0 Å². The number of carbonyl (C=O) groups excluding carboxylic acids is 1. The number of amides is 1. The molecule has 0 atom stereocenters. The highest BCUT2D eigenvalue weighted by molar-refractivity contribution is 5.79. The number of carboxylic acid groups (broad SMARTS) is 1. The van der Waals surface area contributed by atoms with Crippen molar-refractivity contribution < 1.29 is 23.5 Å². The van der Waals surface area contributed by atoms with Gasteiger partial charge in [-0.25, -0.2) is 9.37 Å². The van der Waals surface area contributed by atoms with Crippen molar-refractivity contribution in [2.24, 2.45) is 5.92 Å². The van der Waals surface area contributed by atoms with Gasteiger partial charge in [-0.15, -0.1) is 0 Å². The molecule has 7 heteroatoms. The van der Waals surface area contributed by atoms with Gasteiger partial charge in [-0.1, -0.05) is 13.8 Å². The smallest absolute Gasteiger partial charge is 0.305 e. The van der Waals surface area contributed by atoms with E-state index in [-0.39, 0.29) is 37.0 Å². The number of aliphatic carboxylic acids is 1. The van der Waals surface area contributed by atoms with E-state index in [4.69, 9.17) is 9.52 Å². The van der Waals surface area contributed by atoms with E-state index in [0.717, 1.165) is 0 Å². The summed E-state index contributed by atoms with van der Waals surface area (Å²) in [5.74, 6) is -0.961. The van der Waals surface area contributed by atoms with Crippen LogP contribution >= 0.6 is 0 Å². The number of benzene rings is 1. The predicted octanol–water partition coefficient (Wildman–Crippen LogP) is 2.98. The quantitative estimate of drug-likeness (QED) is 0.793. The van der Waals surface area contributed by atoms with E-state index in [1.807, 2.05) is 13.8 Å². The van der Waals surface area contributed by atoms with Crippen molar-refractivity contribution in [3.05, 3.63) is 42.0 Å². The fourth-order valence-electron chi connectivity index (χ4n) is 2.37. The second kappa shape index (κ2) is 8.41. The van der Waals surface area contributed by atoms with Crippen LogP contribution < -0.4 is 0 Å². The first-order valence-corrected chi connectivity index (χ1v) is 8.05.